The summed E-state index contributed by atoms with van der Waals surface area (Å²) in [4.78, 5) is 17.4. The molecule has 4 nitrogen and oxygen atoms in total. The van der Waals surface area contributed by atoms with Crippen LogP contribution in [0.5, 0.6) is 0 Å². The number of anilines is 1. The molecule has 0 aliphatic rings. The Bertz CT molecular complexity index is 1150. The van der Waals surface area contributed by atoms with Crippen LogP contribution in [-0.4, -0.2) is 10.9 Å². The number of para-hydroxylation sites is 1. The first-order valence-electron chi connectivity index (χ1n) is 8.34. The highest BCUT2D eigenvalue weighted by atomic mass is 19.4. The van der Waals surface area contributed by atoms with Crippen molar-refractivity contribution in [3.8, 4) is 11.5 Å². The molecule has 0 radical (unpaired) electrons. The number of pyridine rings is 1. The molecule has 1 N–H and O–H groups in total. The SMILES string of the molecule is O=C(Nc1cccc(C(F)(F)F)c1)c1cc(-c2ccco2)nc2ccccc12. The summed E-state index contributed by atoms with van der Waals surface area (Å²) in [6, 6.07) is 16.5. The maximum absolute atomic E-state index is 12.9. The van der Waals surface area contributed by atoms with Crippen LogP contribution < -0.4 is 5.32 Å². The second kappa shape index (κ2) is 6.84. The fraction of sp³-hybridized carbons (Fsp3) is 0.0476. The lowest BCUT2D eigenvalue weighted by atomic mass is 10.1. The highest BCUT2D eigenvalue weighted by Gasteiger charge is 2.30. The molecule has 1 amide bonds. The molecule has 2 heterocycles. The minimum absolute atomic E-state index is 0.0558. The smallest absolute Gasteiger partial charge is 0.416 e. The number of alkyl halides is 3. The molecule has 4 aromatic rings. The zero-order chi connectivity index (χ0) is 19.7. The number of hydrogen-bond donors (Lipinski definition) is 1. The van der Waals surface area contributed by atoms with E-state index in [4.69, 9.17) is 4.42 Å². The van der Waals surface area contributed by atoms with Gasteiger partial charge in [-0.1, -0.05) is 24.3 Å². The second-order valence-electron chi connectivity index (χ2n) is 6.08. The van der Waals surface area contributed by atoms with E-state index in [9.17, 15) is 18.0 Å². The molecule has 7 heteroatoms. The second-order valence-corrected chi connectivity index (χ2v) is 6.08. The van der Waals surface area contributed by atoms with Gasteiger partial charge in [-0.3, -0.25) is 4.79 Å². The van der Waals surface area contributed by atoms with Crippen LogP contribution in [0.1, 0.15) is 15.9 Å². The number of carbonyl (C=O) groups excluding carboxylic acids is 1. The summed E-state index contributed by atoms with van der Waals surface area (Å²) in [5, 5.41) is 3.12. The van der Waals surface area contributed by atoms with E-state index in [0.717, 1.165) is 12.1 Å². The lowest BCUT2D eigenvalue weighted by molar-refractivity contribution is -0.137. The van der Waals surface area contributed by atoms with E-state index in [1.54, 1.807) is 42.5 Å². The number of furan rings is 1. The minimum atomic E-state index is -4.49. The van der Waals surface area contributed by atoms with Gasteiger partial charge in [-0.2, -0.15) is 13.2 Å². The molecule has 2 aromatic carbocycles. The Labute approximate surface area is 157 Å². The number of rotatable bonds is 3. The van der Waals surface area contributed by atoms with Crippen LogP contribution in [0.15, 0.2) is 77.4 Å². The Morgan fingerprint density at radius 1 is 0.964 bits per heavy atom. The number of fused-ring (bicyclic) bond motifs is 1. The Hall–Kier alpha value is -3.61. The minimum Gasteiger partial charge on any atom is -0.463 e. The van der Waals surface area contributed by atoms with Crippen LogP contribution in [-0.2, 0) is 6.18 Å². The molecule has 0 atom stereocenters. The van der Waals surface area contributed by atoms with Gasteiger partial charge in [0.05, 0.1) is 22.9 Å². The first-order valence-corrected chi connectivity index (χ1v) is 8.34. The first-order chi connectivity index (χ1) is 13.4. The lowest BCUT2D eigenvalue weighted by Gasteiger charge is -2.12. The molecule has 0 aliphatic heterocycles. The van der Waals surface area contributed by atoms with Crippen molar-refractivity contribution in [1.29, 1.82) is 0 Å². The highest BCUT2D eigenvalue weighted by Crippen LogP contribution is 2.31. The summed E-state index contributed by atoms with van der Waals surface area (Å²) in [5.41, 5.74) is 0.541. The molecule has 0 fully saturated rings. The van der Waals surface area contributed by atoms with Crippen molar-refractivity contribution >= 4 is 22.5 Å². The van der Waals surface area contributed by atoms with Crippen molar-refractivity contribution < 1.29 is 22.4 Å². The standard InChI is InChI=1S/C21H13F3N2O2/c22-21(23,24)13-5-3-6-14(11-13)25-20(27)16-12-18(19-9-4-10-28-19)26-17-8-2-1-7-15(16)17/h1-12H,(H,25,27). The van der Waals surface area contributed by atoms with E-state index in [1.165, 1.54) is 18.4 Å². The molecule has 140 valence electrons. The van der Waals surface area contributed by atoms with Crippen LogP contribution in [0.4, 0.5) is 18.9 Å². The first kappa shape index (κ1) is 17.8. The van der Waals surface area contributed by atoms with Gasteiger partial charge in [-0.25, -0.2) is 4.98 Å². The number of nitrogens with zero attached hydrogens (tertiary/aromatic N) is 1. The fourth-order valence-corrected chi connectivity index (χ4v) is 2.89. The van der Waals surface area contributed by atoms with Gasteiger partial charge in [0.15, 0.2) is 5.76 Å². The van der Waals surface area contributed by atoms with E-state index < -0.39 is 17.6 Å². The van der Waals surface area contributed by atoms with Crippen molar-refractivity contribution in [2.45, 2.75) is 6.18 Å². The molecule has 0 spiro atoms. The highest BCUT2D eigenvalue weighted by molar-refractivity contribution is 6.13. The molecule has 0 saturated carbocycles. The predicted octanol–water partition coefficient (Wildman–Crippen LogP) is 5.77. The zero-order valence-corrected chi connectivity index (χ0v) is 14.3. The predicted molar refractivity (Wildman–Crippen MR) is 98.8 cm³/mol. The van der Waals surface area contributed by atoms with E-state index in [-0.39, 0.29) is 11.3 Å². The third kappa shape index (κ3) is 3.46. The van der Waals surface area contributed by atoms with E-state index in [2.05, 4.69) is 10.3 Å². The Kier molecular flexibility index (Phi) is 4.35. The van der Waals surface area contributed by atoms with Crippen LogP contribution in [0.2, 0.25) is 0 Å². The number of benzene rings is 2. The fourth-order valence-electron chi connectivity index (χ4n) is 2.89. The van der Waals surface area contributed by atoms with Crippen molar-refractivity contribution in [3.63, 3.8) is 0 Å². The number of hydrogen-bond acceptors (Lipinski definition) is 3. The van der Waals surface area contributed by atoms with Gasteiger partial charge in [0.2, 0.25) is 0 Å². The topological polar surface area (TPSA) is 55.1 Å². The monoisotopic (exact) mass is 382 g/mol. The van der Waals surface area contributed by atoms with Crippen molar-refractivity contribution in [2.24, 2.45) is 0 Å². The number of halogens is 3. The molecule has 4 rings (SSSR count). The van der Waals surface area contributed by atoms with Gasteiger partial charge >= 0.3 is 6.18 Å². The van der Waals surface area contributed by atoms with Crippen LogP contribution in [0.25, 0.3) is 22.4 Å². The van der Waals surface area contributed by atoms with Crippen LogP contribution in [0.3, 0.4) is 0 Å². The van der Waals surface area contributed by atoms with Crippen molar-refractivity contribution in [3.05, 3.63) is 84.1 Å². The quantitative estimate of drug-likeness (QED) is 0.490. The third-order valence-corrected chi connectivity index (χ3v) is 4.18. The normalized spacial score (nSPS) is 11.5. The molecular weight excluding hydrogens is 369 g/mol. The Morgan fingerprint density at radius 3 is 2.54 bits per heavy atom. The number of amides is 1. The summed E-state index contributed by atoms with van der Waals surface area (Å²) < 4.78 is 44.1. The summed E-state index contributed by atoms with van der Waals surface area (Å²) in [6.45, 7) is 0. The largest absolute Gasteiger partial charge is 0.463 e. The van der Waals surface area contributed by atoms with Crippen LogP contribution >= 0.6 is 0 Å². The molecule has 0 saturated heterocycles. The average molecular weight is 382 g/mol. The molecule has 2 aromatic heterocycles. The molecular formula is C21H13F3N2O2. The number of aromatic nitrogens is 1. The van der Waals surface area contributed by atoms with Gasteiger partial charge in [0.25, 0.3) is 5.91 Å². The maximum atomic E-state index is 12.9. The molecule has 0 aliphatic carbocycles. The Balaban J connectivity index is 1.75. The van der Waals surface area contributed by atoms with Gasteiger partial charge in [-0.05, 0) is 42.5 Å². The van der Waals surface area contributed by atoms with E-state index in [1.807, 2.05) is 0 Å². The van der Waals surface area contributed by atoms with Crippen molar-refractivity contribution in [1.82, 2.24) is 4.98 Å². The summed E-state index contributed by atoms with van der Waals surface area (Å²) in [5.74, 6) is -0.0513. The average Bonchev–Trinajstić information content (AvgIpc) is 3.21. The maximum Gasteiger partial charge on any atom is 0.416 e. The summed E-state index contributed by atoms with van der Waals surface area (Å²) in [6.07, 6.45) is -2.99. The zero-order valence-electron chi connectivity index (χ0n) is 14.3. The summed E-state index contributed by atoms with van der Waals surface area (Å²) >= 11 is 0. The Morgan fingerprint density at radius 2 is 1.79 bits per heavy atom. The van der Waals surface area contributed by atoms with Crippen LogP contribution in [0, 0.1) is 0 Å². The summed E-state index contributed by atoms with van der Waals surface area (Å²) in [7, 11) is 0. The van der Waals surface area contributed by atoms with Gasteiger partial charge in [0, 0.05) is 11.1 Å². The van der Waals surface area contributed by atoms with E-state index >= 15 is 0 Å². The molecule has 28 heavy (non-hydrogen) atoms. The van der Waals surface area contributed by atoms with E-state index in [0.29, 0.717) is 22.4 Å². The number of carbonyl (C=O) groups is 1. The lowest BCUT2D eigenvalue weighted by Crippen LogP contribution is -2.14. The molecule has 0 unspecified atom stereocenters. The van der Waals surface area contributed by atoms with Gasteiger partial charge in [0.1, 0.15) is 5.69 Å². The van der Waals surface area contributed by atoms with Gasteiger partial charge in [-0.15, -0.1) is 0 Å². The third-order valence-electron chi connectivity index (χ3n) is 4.18. The number of nitrogens with one attached hydrogen (secondary N) is 1. The molecule has 0 bridgehead atoms. The van der Waals surface area contributed by atoms with Gasteiger partial charge < -0.3 is 9.73 Å². The van der Waals surface area contributed by atoms with Crippen molar-refractivity contribution in [2.75, 3.05) is 5.32 Å².